The lowest BCUT2D eigenvalue weighted by atomic mass is 9.68. The van der Waals surface area contributed by atoms with Crippen LogP contribution in [0, 0.1) is 0 Å². The third-order valence-corrected chi connectivity index (χ3v) is 7.74. The normalized spacial score (nSPS) is 15.9. The molecule has 0 atom stereocenters. The molecule has 4 nitrogen and oxygen atoms in total. The van der Waals surface area contributed by atoms with Crippen molar-refractivity contribution in [2.45, 2.75) is 49.2 Å². The minimum atomic E-state index is -0.125. The average Bonchev–Trinajstić information content (AvgIpc) is 3.28. The van der Waals surface area contributed by atoms with Gasteiger partial charge in [-0.1, -0.05) is 85.3 Å². The predicted octanol–water partition coefficient (Wildman–Crippen LogP) is 5.44. The zero-order valence-corrected chi connectivity index (χ0v) is 18.9. The number of aromatic nitrogens is 2. The summed E-state index contributed by atoms with van der Waals surface area (Å²) in [6, 6.07) is 17.6. The number of benzene rings is 2. The quantitative estimate of drug-likeness (QED) is 0.221. The van der Waals surface area contributed by atoms with Crippen molar-refractivity contribution in [1.82, 2.24) is 9.55 Å². The average molecular weight is 443 g/mol. The van der Waals surface area contributed by atoms with Crippen LogP contribution in [0.15, 0.2) is 77.2 Å². The van der Waals surface area contributed by atoms with E-state index in [1.165, 1.54) is 17.3 Å². The van der Waals surface area contributed by atoms with Crippen LogP contribution in [-0.4, -0.2) is 21.1 Å². The van der Waals surface area contributed by atoms with E-state index in [1.54, 1.807) is 10.6 Å². The lowest BCUT2D eigenvalue weighted by Crippen LogP contribution is -2.40. The Hall–Kier alpha value is -2.92. The summed E-state index contributed by atoms with van der Waals surface area (Å²) >= 11 is 1.34. The van der Waals surface area contributed by atoms with Crippen molar-refractivity contribution in [1.29, 1.82) is 0 Å². The van der Waals surface area contributed by atoms with Gasteiger partial charge in [0.1, 0.15) is 0 Å². The molecule has 1 saturated carbocycles. The molecule has 0 saturated heterocycles. The van der Waals surface area contributed by atoms with E-state index in [1.807, 2.05) is 36.4 Å². The van der Waals surface area contributed by atoms with Crippen LogP contribution in [-0.2, 0) is 18.4 Å². The lowest BCUT2D eigenvalue weighted by Gasteiger charge is -2.36. The summed E-state index contributed by atoms with van der Waals surface area (Å²) in [6.07, 6.45) is 6.97. The molecule has 1 heterocycles. The topological polar surface area (TPSA) is 52.0 Å². The van der Waals surface area contributed by atoms with Gasteiger partial charge in [0, 0.05) is 23.1 Å². The Labute approximate surface area is 192 Å². The van der Waals surface area contributed by atoms with Gasteiger partial charge < -0.3 is 0 Å². The molecule has 1 fully saturated rings. The van der Waals surface area contributed by atoms with Crippen LogP contribution in [0.25, 0.3) is 11.3 Å². The standard InChI is InChI=1S/C27H26N2O2S/c1-2-16-29-25(31)23-24(28-26(29)32-18-22(30)19-10-4-3-5-11-19)21-13-7-6-12-20(21)17-27(23)14-8-9-15-27/h2-7,10-13H,1,8-9,14-18H2. The molecular weight excluding hydrogens is 416 g/mol. The fourth-order valence-corrected chi connectivity index (χ4v) is 6.18. The third-order valence-electron chi connectivity index (χ3n) is 6.77. The number of Topliss-reactive ketones (excluding diaryl/α,β-unsaturated/α-hetero) is 1. The SMILES string of the molecule is C=CCn1c(SCC(=O)c2ccccc2)nc2c(c1=O)C1(CCCC1)Cc1ccccc1-2. The number of hydrogen-bond donors (Lipinski definition) is 0. The van der Waals surface area contributed by atoms with Gasteiger partial charge in [0.2, 0.25) is 0 Å². The van der Waals surface area contributed by atoms with Crippen molar-refractivity contribution in [2.75, 3.05) is 5.75 Å². The van der Waals surface area contributed by atoms with Gasteiger partial charge in [0.15, 0.2) is 10.9 Å². The maximum absolute atomic E-state index is 13.9. The summed E-state index contributed by atoms with van der Waals surface area (Å²) in [5, 5.41) is 0.586. The zero-order valence-electron chi connectivity index (χ0n) is 18.0. The number of rotatable bonds is 6. The predicted molar refractivity (Wildman–Crippen MR) is 129 cm³/mol. The van der Waals surface area contributed by atoms with E-state index in [4.69, 9.17) is 4.98 Å². The van der Waals surface area contributed by atoms with Crippen molar-refractivity contribution in [3.63, 3.8) is 0 Å². The van der Waals surface area contributed by atoms with Crippen molar-refractivity contribution >= 4 is 17.5 Å². The van der Waals surface area contributed by atoms with E-state index in [9.17, 15) is 9.59 Å². The van der Waals surface area contributed by atoms with E-state index >= 15 is 0 Å². The highest BCUT2D eigenvalue weighted by Gasteiger charge is 2.44. The van der Waals surface area contributed by atoms with Crippen LogP contribution in [0.2, 0.25) is 0 Å². The number of allylic oxidation sites excluding steroid dienone is 1. The number of carbonyl (C=O) groups excluding carboxylic acids is 1. The second-order valence-corrected chi connectivity index (χ2v) is 9.66. The molecular formula is C27H26N2O2S. The Bertz CT molecular complexity index is 1240. The maximum atomic E-state index is 13.9. The molecule has 2 aliphatic carbocycles. The minimum absolute atomic E-state index is 0.0281. The van der Waals surface area contributed by atoms with Gasteiger partial charge in [-0.3, -0.25) is 14.2 Å². The molecule has 0 aliphatic heterocycles. The number of fused-ring (bicyclic) bond motifs is 4. The number of thioether (sulfide) groups is 1. The molecule has 0 unspecified atom stereocenters. The second-order valence-electron chi connectivity index (χ2n) is 8.72. The van der Waals surface area contributed by atoms with Crippen LogP contribution >= 0.6 is 11.8 Å². The molecule has 0 amide bonds. The molecule has 1 aromatic heterocycles. The highest BCUT2D eigenvalue weighted by molar-refractivity contribution is 7.99. The van der Waals surface area contributed by atoms with Gasteiger partial charge in [-0.2, -0.15) is 0 Å². The van der Waals surface area contributed by atoms with Crippen LogP contribution < -0.4 is 5.56 Å². The minimum Gasteiger partial charge on any atom is -0.293 e. The highest BCUT2D eigenvalue weighted by Crippen LogP contribution is 2.49. The fourth-order valence-electron chi connectivity index (χ4n) is 5.28. The molecule has 0 radical (unpaired) electrons. The molecule has 0 bridgehead atoms. The Balaban J connectivity index is 1.62. The molecule has 2 aliphatic rings. The zero-order chi connectivity index (χ0) is 22.1. The van der Waals surface area contributed by atoms with Crippen molar-refractivity contribution in [2.24, 2.45) is 0 Å². The van der Waals surface area contributed by atoms with Crippen molar-refractivity contribution in [3.8, 4) is 11.3 Å². The first-order valence-electron chi connectivity index (χ1n) is 11.2. The van der Waals surface area contributed by atoms with E-state index in [0.717, 1.165) is 48.9 Å². The maximum Gasteiger partial charge on any atom is 0.258 e. The first-order valence-corrected chi connectivity index (χ1v) is 12.2. The molecule has 0 N–H and O–H groups in total. The summed E-state index contributed by atoms with van der Waals surface area (Å²) in [5.74, 6) is 0.263. The van der Waals surface area contributed by atoms with E-state index in [0.29, 0.717) is 17.3 Å². The summed E-state index contributed by atoms with van der Waals surface area (Å²) in [6.45, 7) is 4.24. The summed E-state index contributed by atoms with van der Waals surface area (Å²) in [7, 11) is 0. The van der Waals surface area contributed by atoms with Gasteiger partial charge in [0.25, 0.3) is 5.56 Å². The molecule has 3 aromatic rings. The number of carbonyl (C=O) groups is 1. The second kappa shape index (κ2) is 8.55. The Morgan fingerprint density at radius 3 is 2.56 bits per heavy atom. The van der Waals surface area contributed by atoms with Crippen LogP contribution in [0.5, 0.6) is 0 Å². The van der Waals surface area contributed by atoms with Crippen LogP contribution in [0.1, 0.15) is 47.2 Å². The number of ketones is 1. The monoisotopic (exact) mass is 442 g/mol. The van der Waals surface area contributed by atoms with E-state index < -0.39 is 0 Å². The summed E-state index contributed by atoms with van der Waals surface area (Å²) in [4.78, 5) is 31.6. The molecule has 2 aromatic carbocycles. The van der Waals surface area contributed by atoms with Crippen molar-refractivity contribution in [3.05, 3.63) is 94.3 Å². The first-order chi connectivity index (χ1) is 15.6. The summed E-state index contributed by atoms with van der Waals surface area (Å²) < 4.78 is 1.71. The molecule has 5 rings (SSSR count). The van der Waals surface area contributed by atoms with Gasteiger partial charge in [-0.25, -0.2) is 4.98 Å². The van der Waals surface area contributed by atoms with E-state index in [-0.39, 0.29) is 22.5 Å². The molecule has 1 spiro atoms. The van der Waals surface area contributed by atoms with Crippen molar-refractivity contribution < 1.29 is 4.79 Å². The van der Waals surface area contributed by atoms with Gasteiger partial charge >= 0.3 is 0 Å². The third kappa shape index (κ3) is 3.55. The molecule has 5 heteroatoms. The first kappa shape index (κ1) is 21.0. The summed E-state index contributed by atoms with van der Waals surface area (Å²) in [5.41, 5.74) is 4.58. The Kier molecular flexibility index (Phi) is 5.60. The van der Waals surface area contributed by atoms with Crippen LogP contribution in [0.3, 0.4) is 0 Å². The smallest absolute Gasteiger partial charge is 0.258 e. The Morgan fingerprint density at radius 2 is 1.81 bits per heavy atom. The Morgan fingerprint density at radius 1 is 1.09 bits per heavy atom. The highest BCUT2D eigenvalue weighted by atomic mass is 32.2. The molecule has 32 heavy (non-hydrogen) atoms. The van der Waals surface area contributed by atoms with Gasteiger partial charge in [0.05, 0.1) is 17.0 Å². The van der Waals surface area contributed by atoms with Crippen LogP contribution in [0.4, 0.5) is 0 Å². The number of nitrogens with zero attached hydrogens (tertiary/aromatic N) is 2. The fraction of sp³-hybridized carbons (Fsp3) is 0.296. The van der Waals surface area contributed by atoms with Gasteiger partial charge in [-0.15, -0.1) is 6.58 Å². The van der Waals surface area contributed by atoms with Gasteiger partial charge in [-0.05, 0) is 24.8 Å². The largest absolute Gasteiger partial charge is 0.293 e. The van der Waals surface area contributed by atoms with E-state index in [2.05, 4.69) is 24.8 Å². The number of hydrogen-bond acceptors (Lipinski definition) is 4. The molecule has 162 valence electrons. The lowest BCUT2D eigenvalue weighted by molar-refractivity contribution is 0.102.